The Balaban J connectivity index is 1.08. The highest BCUT2D eigenvalue weighted by Gasteiger charge is 2.28. The summed E-state index contributed by atoms with van der Waals surface area (Å²) in [6.45, 7) is 6.24. The summed E-state index contributed by atoms with van der Waals surface area (Å²) in [4.78, 5) is 69.5. The third-order valence-corrected chi connectivity index (χ3v) is 10.1. The first-order valence-electron chi connectivity index (χ1n) is 14.6. The van der Waals surface area contributed by atoms with Crippen molar-refractivity contribution in [3.05, 3.63) is 65.6 Å². The van der Waals surface area contributed by atoms with Crippen molar-refractivity contribution in [2.24, 2.45) is 0 Å². The van der Waals surface area contributed by atoms with Gasteiger partial charge in [0.25, 0.3) is 11.1 Å². The SMILES string of the molecule is CCOC(=O)N1CCc2c(sc3nc(Cn4cc(Cn5cnc6sc7c(c6c5=O)CCN(C(=O)OCC)C7)nn4)[nH]c(=O)c23)C1. The molecule has 0 aromatic carbocycles. The molecule has 45 heavy (non-hydrogen) atoms. The largest absolute Gasteiger partial charge is 0.450 e. The summed E-state index contributed by atoms with van der Waals surface area (Å²) in [6, 6.07) is 0. The first-order valence-corrected chi connectivity index (χ1v) is 16.2. The second-order valence-electron chi connectivity index (χ2n) is 10.7. The van der Waals surface area contributed by atoms with Crippen molar-refractivity contribution in [3.8, 4) is 0 Å². The summed E-state index contributed by atoms with van der Waals surface area (Å²) in [7, 11) is 0. The second kappa shape index (κ2) is 11.7. The fourth-order valence-corrected chi connectivity index (χ4v) is 8.26. The van der Waals surface area contributed by atoms with Crippen molar-refractivity contribution in [3.63, 3.8) is 0 Å². The lowest BCUT2D eigenvalue weighted by Gasteiger charge is -2.25. The van der Waals surface area contributed by atoms with E-state index in [4.69, 9.17) is 9.47 Å². The number of ether oxygens (including phenoxy) is 2. The fourth-order valence-electron chi connectivity index (χ4n) is 5.81. The second-order valence-corrected chi connectivity index (χ2v) is 12.9. The number of aromatic amines is 1. The van der Waals surface area contributed by atoms with E-state index < -0.39 is 0 Å². The van der Waals surface area contributed by atoms with Gasteiger partial charge in [-0.25, -0.2) is 24.2 Å². The molecule has 0 unspecified atom stereocenters. The summed E-state index contributed by atoms with van der Waals surface area (Å²) in [5.41, 5.74) is 2.01. The zero-order valence-electron chi connectivity index (χ0n) is 24.6. The Kier molecular flexibility index (Phi) is 7.56. The number of carbonyl (C=O) groups is 2. The summed E-state index contributed by atoms with van der Waals surface area (Å²) >= 11 is 2.83. The molecule has 1 N–H and O–H groups in total. The first kappa shape index (κ1) is 29.1. The van der Waals surface area contributed by atoms with Crippen LogP contribution < -0.4 is 11.1 Å². The maximum absolute atomic E-state index is 13.5. The van der Waals surface area contributed by atoms with Crippen LogP contribution in [0.4, 0.5) is 9.59 Å². The number of aromatic nitrogens is 7. The molecule has 234 valence electrons. The Morgan fingerprint density at radius 3 is 2.22 bits per heavy atom. The molecule has 2 aliphatic rings. The number of nitrogens with one attached hydrogen (secondary N) is 1. The average Bonchev–Trinajstić information content (AvgIpc) is 3.73. The van der Waals surface area contributed by atoms with Crippen LogP contribution >= 0.6 is 22.7 Å². The molecular formula is C28H29N9O6S2. The van der Waals surface area contributed by atoms with E-state index in [1.807, 2.05) is 0 Å². The van der Waals surface area contributed by atoms with Crippen LogP contribution in [0.3, 0.4) is 0 Å². The Hall–Kier alpha value is -4.64. The Bertz CT molecular complexity index is 2080. The van der Waals surface area contributed by atoms with Gasteiger partial charge >= 0.3 is 12.2 Å². The third-order valence-electron chi connectivity index (χ3n) is 7.87. The number of carbonyl (C=O) groups excluding carboxylic acids is 2. The molecule has 0 bridgehead atoms. The minimum Gasteiger partial charge on any atom is -0.450 e. The van der Waals surface area contributed by atoms with E-state index in [1.165, 1.54) is 33.6 Å². The predicted molar refractivity (Wildman–Crippen MR) is 165 cm³/mol. The zero-order valence-corrected chi connectivity index (χ0v) is 26.2. The third kappa shape index (κ3) is 5.35. The highest BCUT2D eigenvalue weighted by atomic mass is 32.1. The van der Waals surface area contributed by atoms with E-state index in [0.717, 1.165) is 20.9 Å². The van der Waals surface area contributed by atoms with E-state index in [1.54, 1.807) is 34.5 Å². The number of H-pyrrole nitrogens is 1. The molecule has 0 radical (unpaired) electrons. The summed E-state index contributed by atoms with van der Waals surface area (Å²) in [6.07, 6.45) is 3.61. The van der Waals surface area contributed by atoms with Gasteiger partial charge in [-0.1, -0.05) is 5.21 Å². The smallest absolute Gasteiger partial charge is 0.410 e. The fraction of sp³-hybridized carbons (Fsp3) is 0.429. The molecule has 7 rings (SSSR count). The van der Waals surface area contributed by atoms with Crippen LogP contribution in [-0.4, -0.2) is 82.8 Å². The van der Waals surface area contributed by atoms with Gasteiger partial charge in [-0.3, -0.25) is 14.2 Å². The van der Waals surface area contributed by atoms with Crippen LogP contribution in [0.5, 0.6) is 0 Å². The molecule has 0 fully saturated rings. The van der Waals surface area contributed by atoms with Crippen molar-refractivity contribution >= 4 is 55.3 Å². The van der Waals surface area contributed by atoms with E-state index >= 15 is 0 Å². The van der Waals surface area contributed by atoms with Crippen LogP contribution in [0.1, 0.15) is 46.2 Å². The van der Waals surface area contributed by atoms with E-state index in [0.29, 0.717) is 84.2 Å². The maximum Gasteiger partial charge on any atom is 0.410 e. The lowest BCUT2D eigenvalue weighted by molar-refractivity contribution is 0.102. The maximum atomic E-state index is 13.5. The van der Waals surface area contributed by atoms with Crippen molar-refractivity contribution in [1.82, 2.24) is 44.3 Å². The van der Waals surface area contributed by atoms with Crippen molar-refractivity contribution in [2.45, 2.75) is 52.9 Å². The van der Waals surface area contributed by atoms with Gasteiger partial charge in [0.05, 0.1) is 56.1 Å². The summed E-state index contributed by atoms with van der Waals surface area (Å²) in [5.74, 6) is 0.423. The predicted octanol–water partition coefficient (Wildman–Crippen LogP) is 2.47. The van der Waals surface area contributed by atoms with Crippen LogP contribution in [0.15, 0.2) is 22.1 Å². The van der Waals surface area contributed by atoms with Gasteiger partial charge in [0, 0.05) is 22.8 Å². The molecule has 0 saturated heterocycles. The van der Waals surface area contributed by atoms with Gasteiger partial charge in [-0.05, 0) is 37.8 Å². The van der Waals surface area contributed by atoms with Crippen molar-refractivity contribution < 1.29 is 19.1 Å². The van der Waals surface area contributed by atoms with Crippen LogP contribution in [0.25, 0.3) is 20.4 Å². The minimum atomic E-state index is -0.361. The Labute approximate surface area is 263 Å². The average molecular weight is 652 g/mol. The molecule has 2 aliphatic heterocycles. The van der Waals surface area contributed by atoms with Gasteiger partial charge < -0.3 is 24.3 Å². The number of hydrogen-bond acceptors (Lipinski definition) is 12. The Morgan fingerprint density at radius 1 is 0.911 bits per heavy atom. The van der Waals surface area contributed by atoms with Crippen LogP contribution in [0, 0.1) is 0 Å². The van der Waals surface area contributed by atoms with Gasteiger partial charge in [-0.2, -0.15) is 0 Å². The quantitative estimate of drug-likeness (QED) is 0.288. The van der Waals surface area contributed by atoms with Gasteiger partial charge in [0.2, 0.25) is 0 Å². The first-order chi connectivity index (χ1) is 21.8. The standard InChI is InChI=1S/C28H29N9O6S2/c1-3-42-27(40)34-7-5-16-18(11-34)45-25-21(16)23(38)30-20(31-25)13-37-10-15(32-33-37)9-36-14-29-24-22(26(36)39)17-6-8-35(12-19(17)44-24)28(41)43-4-2/h10,14H,3-9,11-13H2,1-2H3,(H,30,31,38). The topological polar surface area (TPSA) is 170 Å². The summed E-state index contributed by atoms with van der Waals surface area (Å²) < 4.78 is 13.3. The lowest BCUT2D eigenvalue weighted by atomic mass is 10.1. The highest BCUT2D eigenvalue weighted by molar-refractivity contribution is 7.19. The van der Waals surface area contributed by atoms with Crippen molar-refractivity contribution in [2.75, 3.05) is 26.3 Å². The highest BCUT2D eigenvalue weighted by Crippen LogP contribution is 2.33. The van der Waals surface area contributed by atoms with E-state index in [-0.39, 0.29) is 36.4 Å². The molecule has 0 spiro atoms. The number of amides is 2. The molecule has 7 heterocycles. The molecule has 0 aliphatic carbocycles. The molecule has 5 aromatic heterocycles. The van der Waals surface area contributed by atoms with Gasteiger partial charge in [0.1, 0.15) is 27.7 Å². The minimum absolute atomic E-state index is 0.166. The zero-order chi connectivity index (χ0) is 31.2. The van der Waals surface area contributed by atoms with Crippen molar-refractivity contribution in [1.29, 1.82) is 0 Å². The van der Waals surface area contributed by atoms with Gasteiger partial charge in [0.15, 0.2) is 0 Å². The normalized spacial score (nSPS) is 14.5. The number of hydrogen-bond donors (Lipinski definition) is 1. The van der Waals surface area contributed by atoms with E-state index in [2.05, 4.69) is 25.3 Å². The molecule has 17 heteroatoms. The summed E-state index contributed by atoms with van der Waals surface area (Å²) in [5, 5.41) is 9.56. The lowest BCUT2D eigenvalue weighted by Crippen LogP contribution is -2.36. The Morgan fingerprint density at radius 2 is 1.56 bits per heavy atom. The molecule has 0 saturated carbocycles. The number of rotatable bonds is 6. The molecule has 2 amide bonds. The molecule has 0 atom stereocenters. The monoisotopic (exact) mass is 651 g/mol. The number of nitrogens with zero attached hydrogens (tertiary/aromatic N) is 8. The molecular weight excluding hydrogens is 622 g/mol. The van der Waals surface area contributed by atoms with Crippen LogP contribution in [-0.2, 0) is 48.5 Å². The number of thiophene rings is 2. The molecule has 15 nitrogen and oxygen atoms in total. The molecule has 5 aromatic rings. The van der Waals surface area contributed by atoms with Gasteiger partial charge in [-0.15, -0.1) is 27.8 Å². The number of fused-ring (bicyclic) bond motifs is 6. The van der Waals surface area contributed by atoms with Crippen LogP contribution in [0.2, 0.25) is 0 Å². The van der Waals surface area contributed by atoms with E-state index in [9.17, 15) is 19.2 Å².